The summed E-state index contributed by atoms with van der Waals surface area (Å²) in [4.78, 5) is 12.0. The van der Waals surface area contributed by atoms with Crippen LogP contribution in [0.3, 0.4) is 0 Å². The fraction of sp³-hybridized carbons (Fsp3) is 0.100. The van der Waals surface area contributed by atoms with E-state index in [0.29, 0.717) is 5.82 Å². The van der Waals surface area contributed by atoms with Crippen LogP contribution in [0.15, 0.2) is 36.8 Å². The van der Waals surface area contributed by atoms with Gasteiger partial charge in [0.2, 0.25) is 0 Å². The molecular formula is C10H9N3O2S. The number of hydrogen-bond acceptors (Lipinski definition) is 4. The standard InChI is InChI=1S/C10H9N3O2S/c14-16(15)7-10-12-6-3-9(13-10)8-1-4-11-5-2-8/h1-6H,7H2,(H,14,15). The lowest BCUT2D eigenvalue weighted by Crippen LogP contribution is -2.00. The van der Waals surface area contributed by atoms with E-state index in [4.69, 9.17) is 4.55 Å². The minimum absolute atomic E-state index is 0.0566. The Bertz CT molecular complexity index is 504. The zero-order chi connectivity index (χ0) is 11.4. The molecule has 0 amide bonds. The van der Waals surface area contributed by atoms with Crippen molar-refractivity contribution < 1.29 is 8.76 Å². The molecule has 2 rings (SSSR count). The minimum Gasteiger partial charge on any atom is -0.306 e. The smallest absolute Gasteiger partial charge is 0.160 e. The summed E-state index contributed by atoms with van der Waals surface area (Å²) in [5, 5.41) is 0. The van der Waals surface area contributed by atoms with Gasteiger partial charge in [-0.25, -0.2) is 14.2 Å². The lowest BCUT2D eigenvalue weighted by Gasteiger charge is -2.01. The van der Waals surface area contributed by atoms with Crippen LogP contribution < -0.4 is 0 Å². The van der Waals surface area contributed by atoms with Gasteiger partial charge in [0.25, 0.3) is 0 Å². The van der Waals surface area contributed by atoms with Crippen molar-refractivity contribution in [1.29, 1.82) is 0 Å². The molecule has 1 N–H and O–H groups in total. The summed E-state index contributed by atoms with van der Waals surface area (Å²) < 4.78 is 19.4. The van der Waals surface area contributed by atoms with Gasteiger partial charge in [0.15, 0.2) is 11.1 Å². The first-order chi connectivity index (χ1) is 7.75. The van der Waals surface area contributed by atoms with Crippen molar-refractivity contribution in [3.63, 3.8) is 0 Å². The van der Waals surface area contributed by atoms with Crippen molar-refractivity contribution >= 4 is 11.1 Å². The van der Waals surface area contributed by atoms with Crippen LogP contribution in [0.2, 0.25) is 0 Å². The Kier molecular flexibility index (Phi) is 3.33. The topological polar surface area (TPSA) is 76.0 Å². The summed E-state index contributed by atoms with van der Waals surface area (Å²) in [7, 11) is 0. The van der Waals surface area contributed by atoms with Crippen molar-refractivity contribution in [1.82, 2.24) is 15.0 Å². The molecular weight excluding hydrogens is 226 g/mol. The third-order valence-electron chi connectivity index (χ3n) is 1.93. The van der Waals surface area contributed by atoms with Crippen LogP contribution >= 0.6 is 0 Å². The number of hydrogen-bond donors (Lipinski definition) is 1. The van der Waals surface area contributed by atoms with Crippen LogP contribution in [0.5, 0.6) is 0 Å². The molecule has 0 saturated carbocycles. The number of pyridine rings is 1. The second-order valence-electron chi connectivity index (χ2n) is 3.06. The Hall–Kier alpha value is -1.66. The molecule has 1 unspecified atom stereocenters. The molecule has 2 aromatic rings. The zero-order valence-corrected chi connectivity index (χ0v) is 9.09. The second-order valence-corrected chi connectivity index (χ2v) is 3.99. The third kappa shape index (κ3) is 2.68. The van der Waals surface area contributed by atoms with E-state index in [9.17, 15) is 4.21 Å². The van der Waals surface area contributed by atoms with Gasteiger partial charge >= 0.3 is 0 Å². The van der Waals surface area contributed by atoms with Gasteiger partial charge in [-0.3, -0.25) is 4.98 Å². The third-order valence-corrected chi connectivity index (χ3v) is 2.44. The molecule has 0 saturated heterocycles. The molecule has 0 radical (unpaired) electrons. The maximum absolute atomic E-state index is 10.6. The van der Waals surface area contributed by atoms with Crippen LogP contribution in [-0.4, -0.2) is 23.7 Å². The minimum atomic E-state index is -1.92. The van der Waals surface area contributed by atoms with E-state index in [0.717, 1.165) is 11.3 Å². The summed E-state index contributed by atoms with van der Waals surface area (Å²) in [6.07, 6.45) is 4.91. The van der Waals surface area contributed by atoms with Gasteiger partial charge in [-0.2, -0.15) is 0 Å². The first-order valence-corrected chi connectivity index (χ1v) is 5.83. The van der Waals surface area contributed by atoms with Crippen molar-refractivity contribution in [2.75, 3.05) is 0 Å². The first-order valence-electron chi connectivity index (χ1n) is 4.55. The Balaban J connectivity index is 2.33. The fourth-order valence-corrected chi connectivity index (χ4v) is 1.62. The van der Waals surface area contributed by atoms with E-state index in [2.05, 4.69) is 15.0 Å². The first kappa shape index (κ1) is 10.8. The molecule has 2 heterocycles. The van der Waals surface area contributed by atoms with Gasteiger partial charge in [-0.15, -0.1) is 0 Å². The van der Waals surface area contributed by atoms with Gasteiger partial charge in [0.05, 0.1) is 5.69 Å². The van der Waals surface area contributed by atoms with Crippen LogP contribution in [0, 0.1) is 0 Å². The molecule has 0 bridgehead atoms. The van der Waals surface area contributed by atoms with Crippen molar-refractivity contribution in [2.24, 2.45) is 0 Å². The van der Waals surface area contributed by atoms with Gasteiger partial charge in [-0.1, -0.05) is 0 Å². The summed E-state index contributed by atoms with van der Waals surface area (Å²) in [6, 6.07) is 5.39. The molecule has 0 aromatic carbocycles. The average molecular weight is 235 g/mol. The highest BCUT2D eigenvalue weighted by atomic mass is 32.2. The number of nitrogens with zero attached hydrogens (tertiary/aromatic N) is 3. The van der Waals surface area contributed by atoms with Gasteiger partial charge in [0, 0.05) is 24.2 Å². The van der Waals surface area contributed by atoms with Gasteiger partial charge < -0.3 is 4.55 Å². The Morgan fingerprint density at radius 2 is 1.94 bits per heavy atom. The molecule has 0 aliphatic heterocycles. The lowest BCUT2D eigenvalue weighted by molar-refractivity contribution is 0.562. The highest BCUT2D eigenvalue weighted by Gasteiger charge is 2.04. The van der Waals surface area contributed by atoms with Gasteiger partial charge in [0.1, 0.15) is 11.6 Å². The maximum atomic E-state index is 10.6. The fourth-order valence-electron chi connectivity index (χ4n) is 1.26. The van der Waals surface area contributed by atoms with Crippen LogP contribution in [0.4, 0.5) is 0 Å². The van der Waals surface area contributed by atoms with Crippen molar-refractivity contribution in [3.05, 3.63) is 42.6 Å². The molecule has 0 spiro atoms. The number of aromatic nitrogens is 3. The van der Waals surface area contributed by atoms with E-state index in [1.807, 2.05) is 12.1 Å². The summed E-state index contributed by atoms with van der Waals surface area (Å²) in [6.45, 7) is 0. The van der Waals surface area contributed by atoms with Crippen molar-refractivity contribution in [2.45, 2.75) is 5.75 Å². The maximum Gasteiger partial charge on any atom is 0.160 e. The van der Waals surface area contributed by atoms with E-state index >= 15 is 0 Å². The predicted molar refractivity (Wildman–Crippen MR) is 59.7 cm³/mol. The van der Waals surface area contributed by atoms with Gasteiger partial charge in [-0.05, 0) is 18.2 Å². The highest BCUT2D eigenvalue weighted by Crippen LogP contribution is 2.14. The molecule has 0 aliphatic rings. The van der Waals surface area contributed by atoms with Crippen molar-refractivity contribution in [3.8, 4) is 11.3 Å². The molecule has 16 heavy (non-hydrogen) atoms. The Morgan fingerprint density at radius 3 is 2.62 bits per heavy atom. The predicted octanol–water partition coefficient (Wildman–Crippen LogP) is 1.26. The largest absolute Gasteiger partial charge is 0.306 e. The van der Waals surface area contributed by atoms with E-state index in [1.165, 1.54) is 0 Å². The molecule has 1 atom stereocenters. The highest BCUT2D eigenvalue weighted by molar-refractivity contribution is 7.78. The summed E-state index contributed by atoms with van der Waals surface area (Å²) in [5.41, 5.74) is 1.63. The SMILES string of the molecule is O=S(O)Cc1nccc(-c2ccncc2)n1. The van der Waals surface area contributed by atoms with Crippen LogP contribution in [-0.2, 0) is 16.8 Å². The Morgan fingerprint density at radius 1 is 1.19 bits per heavy atom. The quantitative estimate of drug-likeness (QED) is 0.810. The second kappa shape index (κ2) is 4.91. The van der Waals surface area contributed by atoms with E-state index in [-0.39, 0.29) is 5.75 Å². The molecule has 82 valence electrons. The zero-order valence-electron chi connectivity index (χ0n) is 8.28. The van der Waals surface area contributed by atoms with Crippen LogP contribution in [0.25, 0.3) is 11.3 Å². The van der Waals surface area contributed by atoms with E-state index < -0.39 is 11.1 Å². The molecule has 6 heteroatoms. The number of rotatable bonds is 3. The normalized spacial score (nSPS) is 12.3. The van der Waals surface area contributed by atoms with Crippen LogP contribution in [0.1, 0.15) is 5.82 Å². The lowest BCUT2D eigenvalue weighted by atomic mass is 10.2. The monoisotopic (exact) mass is 235 g/mol. The molecule has 0 aliphatic carbocycles. The summed E-state index contributed by atoms with van der Waals surface area (Å²) in [5.74, 6) is 0.300. The molecule has 0 fully saturated rings. The molecule has 2 aromatic heterocycles. The van der Waals surface area contributed by atoms with E-state index in [1.54, 1.807) is 24.7 Å². The Labute approximate surface area is 94.9 Å². The summed E-state index contributed by atoms with van der Waals surface area (Å²) >= 11 is -1.92. The average Bonchev–Trinajstić information content (AvgIpc) is 2.30. The molecule has 5 nitrogen and oxygen atoms in total.